The summed E-state index contributed by atoms with van der Waals surface area (Å²) in [6.07, 6.45) is 0. The van der Waals surface area contributed by atoms with E-state index in [1.807, 2.05) is 20.8 Å². The molecule has 0 spiro atoms. The first-order valence-corrected chi connectivity index (χ1v) is 4.38. The van der Waals surface area contributed by atoms with Gasteiger partial charge in [0.15, 0.2) is 0 Å². The van der Waals surface area contributed by atoms with E-state index in [-0.39, 0.29) is 17.9 Å². The minimum Gasteiger partial charge on any atom is -0.480 e. The van der Waals surface area contributed by atoms with Crippen molar-refractivity contribution in [3.63, 3.8) is 0 Å². The first-order valence-electron chi connectivity index (χ1n) is 4.38. The zero-order chi connectivity index (χ0) is 11.5. The lowest BCUT2D eigenvalue weighted by Gasteiger charge is -2.29. The summed E-state index contributed by atoms with van der Waals surface area (Å²) in [5.74, 6) is -1.39. The van der Waals surface area contributed by atoms with Gasteiger partial charge >= 0.3 is 5.97 Å². The minimum absolute atomic E-state index is 0.317. The predicted octanol–water partition coefficient (Wildman–Crippen LogP) is -0.0972. The van der Waals surface area contributed by atoms with E-state index >= 15 is 0 Å². The standard InChI is InChI=1S/C9H18N2O3/c1-9(2,3)7(10)8(14)11(4)5-6(12)13/h7H,5,10H2,1-4H3,(H,12,13)/t7-/m0/s1. The van der Waals surface area contributed by atoms with Gasteiger partial charge in [-0.25, -0.2) is 0 Å². The molecule has 3 N–H and O–H groups in total. The first kappa shape index (κ1) is 12.9. The number of carboxylic acid groups (broad SMARTS) is 1. The van der Waals surface area contributed by atoms with E-state index in [0.29, 0.717) is 0 Å². The van der Waals surface area contributed by atoms with E-state index in [2.05, 4.69) is 0 Å². The molecule has 1 atom stereocenters. The molecule has 0 aliphatic rings. The molecule has 0 radical (unpaired) electrons. The van der Waals surface area contributed by atoms with E-state index in [1.165, 1.54) is 7.05 Å². The van der Waals surface area contributed by atoms with Crippen LogP contribution in [-0.2, 0) is 9.59 Å². The van der Waals surface area contributed by atoms with Gasteiger partial charge in [0, 0.05) is 7.05 Å². The zero-order valence-electron chi connectivity index (χ0n) is 9.07. The molecule has 0 aliphatic heterocycles. The monoisotopic (exact) mass is 202 g/mol. The van der Waals surface area contributed by atoms with E-state index in [4.69, 9.17) is 10.8 Å². The molecule has 82 valence electrons. The van der Waals surface area contributed by atoms with E-state index in [9.17, 15) is 9.59 Å². The van der Waals surface area contributed by atoms with Crippen molar-refractivity contribution in [3.05, 3.63) is 0 Å². The Balaban J connectivity index is 4.40. The smallest absolute Gasteiger partial charge is 0.323 e. The number of amides is 1. The summed E-state index contributed by atoms with van der Waals surface area (Å²) < 4.78 is 0. The molecule has 0 unspecified atom stereocenters. The average molecular weight is 202 g/mol. The van der Waals surface area contributed by atoms with Gasteiger partial charge in [0.05, 0.1) is 6.04 Å². The summed E-state index contributed by atoms with van der Waals surface area (Å²) in [4.78, 5) is 23.0. The molecule has 5 heteroatoms. The number of carbonyl (C=O) groups excluding carboxylic acids is 1. The van der Waals surface area contributed by atoms with E-state index < -0.39 is 12.0 Å². The quantitative estimate of drug-likeness (QED) is 0.669. The Labute approximate surface area is 83.9 Å². The Morgan fingerprint density at radius 3 is 2.14 bits per heavy atom. The van der Waals surface area contributed by atoms with Gasteiger partial charge in [0.1, 0.15) is 6.54 Å². The Hall–Kier alpha value is -1.10. The van der Waals surface area contributed by atoms with Crippen LogP contribution >= 0.6 is 0 Å². The third kappa shape index (κ3) is 3.74. The third-order valence-corrected chi connectivity index (χ3v) is 1.95. The maximum atomic E-state index is 11.6. The van der Waals surface area contributed by atoms with Crippen molar-refractivity contribution in [3.8, 4) is 0 Å². The number of aliphatic carboxylic acids is 1. The minimum atomic E-state index is -1.04. The Bertz CT molecular complexity index is 233. The van der Waals surface area contributed by atoms with Crippen LogP contribution in [0.15, 0.2) is 0 Å². The van der Waals surface area contributed by atoms with E-state index in [0.717, 1.165) is 4.90 Å². The van der Waals surface area contributed by atoms with Crippen LogP contribution in [-0.4, -0.2) is 41.5 Å². The van der Waals surface area contributed by atoms with Crippen LogP contribution in [0.25, 0.3) is 0 Å². The molecular formula is C9H18N2O3. The van der Waals surface area contributed by atoms with Crippen LogP contribution < -0.4 is 5.73 Å². The van der Waals surface area contributed by atoms with Crippen LogP contribution in [0.2, 0.25) is 0 Å². The van der Waals surface area contributed by atoms with Crippen molar-refractivity contribution < 1.29 is 14.7 Å². The van der Waals surface area contributed by atoms with Crippen LogP contribution in [0, 0.1) is 5.41 Å². The second-order valence-electron chi connectivity index (χ2n) is 4.43. The fraction of sp³-hybridized carbons (Fsp3) is 0.778. The SMILES string of the molecule is CN(CC(=O)O)C(=O)[C@H](N)C(C)(C)C. The number of rotatable bonds is 3. The number of hydrogen-bond donors (Lipinski definition) is 2. The molecule has 0 bridgehead atoms. The summed E-state index contributed by atoms with van der Waals surface area (Å²) in [5.41, 5.74) is 5.33. The normalized spacial score (nSPS) is 13.5. The largest absolute Gasteiger partial charge is 0.480 e. The van der Waals surface area contributed by atoms with Crippen molar-refractivity contribution in [1.29, 1.82) is 0 Å². The molecule has 0 saturated carbocycles. The fourth-order valence-corrected chi connectivity index (χ4v) is 0.889. The third-order valence-electron chi connectivity index (χ3n) is 1.95. The Kier molecular flexibility index (Phi) is 4.07. The van der Waals surface area contributed by atoms with Gasteiger partial charge < -0.3 is 15.7 Å². The van der Waals surface area contributed by atoms with E-state index in [1.54, 1.807) is 0 Å². The summed E-state index contributed by atoms with van der Waals surface area (Å²) >= 11 is 0. The number of likely N-dealkylation sites (N-methyl/N-ethyl adjacent to an activating group) is 1. The van der Waals surface area contributed by atoms with Gasteiger partial charge in [-0.2, -0.15) is 0 Å². The van der Waals surface area contributed by atoms with Gasteiger partial charge in [0.2, 0.25) is 5.91 Å². The van der Waals surface area contributed by atoms with Gasteiger partial charge in [0.25, 0.3) is 0 Å². The molecule has 0 heterocycles. The Morgan fingerprint density at radius 1 is 1.43 bits per heavy atom. The Morgan fingerprint density at radius 2 is 1.86 bits per heavy atom. The van der Waals surface area contributed by atoms with Crippen molar-refractivity contribution in [1.82, 2.24) is 4.90 Å². The highest BCUT2D eigenvalue weighted by molar-refractivity contribution is 5.85. The fourth-order valence-electron chi connectivity index (χ4n) is 0.889. The molecule has 5 nitrogen and oxygen atoms in total. The van der Waals surface area contributed by atoms with Crippen LogP contribution in [0.1, 0.15) is 20.8 Å². The summed E-state index contributed by atoms with van der Waals surface area (Å²) in [5, 5.41) is 8.48. The molecule has 0 saturated heterocycles. The second-order valence-corrected chi connectivity index (χ2v) is 4.43. The van der Waals surface area contributed by atoms with Crippen molar-refractivity contribution >= 4 is 11.9 Å². The van der Waals surface area contributed by atoms with Gasteiger partial charge in [-0.1, -0.05) is 20.8 Å². The average Bonchev–Trinajstić information content (AvgIpc) is 1.98. The first-order chi connectivity index (χ1) is 6.16. The number of nitrogens with zero attached hydrogens (tertiary/aromatic N) is 1. The van der Waals surface area contributed by atoms with Crippen LogP contribution in [0.4, 0.5) is 0 Å². The maximum absolute atomic E-state index is 11.6. The van der Waals surface area contributed by atoms with Crippen LogP contribution in [0.3, 0.4) is 0 Å². The topological polar surface area (TPSA) is 83.6 Å². The molecule has 1 amide bonds. The van der Waals surface area contributed by atoms with Crippen molar-refractivity contribution in [2.75, 3.05) is 13.6 Å². The lowest BCUT2D eigenvalue weighted by molar-refractivity contribution is -0.144. The van der Waals surface area contributed by atoms with Gasteiger partial charge in [-0.3, -0.25) is 9.59 Å². The number of hydrogen-bond acceptors (Lipinski definition) is 3. The van der Waals surface area contributed by atoms with Gasteiger partial charge in [-0.15, -0.1) is 0 Å². The number of carboxylic acids is 1. The summed E-state index contributed by atoms with van der Waals surface area (Å²) in [7, 11) is 1.43. The molecule has 14 heavy (non-hydrogen) atoms. The highest BCUT2D eigenvalue weighted by Crippen LogP contribution is 2.18. The number of carbonyl (C=O) groups is 2. The van der Waals surface area contributed by atoms with Crippen molar-refractivity contribution in [2.24, 2.45) is 11.1 Å². The highest BCUT2D eigenvalue weighted by Gasteiger charge is 2.30. The lowest BCUT2D eigenvalue weighted by atomic mass is 9.86. The molecular weight excluding hydrogens is 184 g/mol. The molecule has 0 aromatic carbocycles. The summed E-state index contributed by atoms with van der Waals surface area (Å²) in [6.45, 7) is 5.20. The predicted molar refractivity (Wildman–Crippen MR) is 52.7 cm³/mol. The highest BCUT2D eigenvalue weighted by atomic mass is 16.4. The summed E-state index contributed by atoms with van der Waals surface area (Å²) in [6, 6.07) is -0.674. The van der Waals surface area contributed by atoms with Crippen molar-refractivity contribution in [2.45, 2.75) is 26.8 Å². The molecule has 0 aliphatic carbocycles. The molecule has 0 rings (SSSR count). The lowest BCUT2D eigenvalue weighted by Crippen LogP contribution is -2.50. The van der Waals surface area contributed by atoms with Gasteiger partial charge in [-0.05, 0) is 5.41 Å². The molecule has 0 fully saturated rings. The second kappa shape index (κ2) is 4.41. The molecule has 0 aromatic rings. The number of nitrogens with two attached hydrogens (primary N) is 1. The molecule has 0 aromatic heterocycles. The van der Waals surface area contributed by atoms with Crippen LogP contribution in [0.5, 0.6) is 0 Å². The zero-order valence-corrected chi connectivity index (χ0v) is 9.07. The maximum Gasteiger partial charge on any atom is 0.323 e.